The summed E-state index contributed by atoms with van der Waals surface area (Å²) in [6.45, 7) is 0.786. The van der Waals surface area contributed by atoms with Gasteiger partial charge in [0, 0.05) is 30.1 Å². The third kappa shape index (κ3) is 4.52. The maximum absolute atomic E-state index is 12.1. The number of ether oxygens (including phenoxy) is 2. The number of rotatable bonds is 7. The minimum Gasteiger partial charge on any atom is -0.493 e. The van der Waals surface area contributed by atoms with E-state index in [-0.39, 0.29) is 25.4 Å². The molecule has 1 saturated heterocycles. The van der Waals surface area contributed by atoms with Crippen molar-refractivity contribution in [1.29, 1.82) is 0 Å². The number of carboxylic acids is 1. The van der Waals surface area contributed by atoms with Gasteiger partial charge in [-0.1, -0.05) is 35.9 Å². The van der Waals surface area contributed by atoms with Gasteiger partial charge in [0.25, 0.3) is 0 Å². The summed E-state index contributed by atoms with van der Waals surface area (Å²) < 4.78 is 11.4. The van der Waals surface area contributed by atoms with E-state index in [1.54, 1.807) is 30.2 Å². The van der Waals surface area contributed by atoms with Crippen LogP contribution in [0.1, 0.15) is 17.5 Å². The summed E-state index contributed by atoms with van der Waals surface area (Å²) in [5, 5.41) is 9.80. The molecule has 1 fully saturated rings. The Balaban J connectivity index is 1.78. The standard InChI is InChI=1S/C20H20ClNO5/c1-26-17-4-2-3-14(10-22-11-15(20(24)25)9-18(22)23)19(17)27-12-13-5-7-16(21)8-6-13/h2-8,15H,9-12H2,1H3,(H,24,25). The Morgan fingerprint density at radius 2 is 2.00 bits per heavy atom. The van der Waals surface area contributed by atoms with Crippen LogP contribution in [0.4, 0.5) is 0 Å². The molecule has 0 saturated carbocycles. The second-order valence-electron chi connectivity index (χ2n) is 6.38. The lowest BCUT2D eigenvalue weighted by molar-refractivity contribution is -0.141. The Bertz CT molecular complexity index is 837. The molecule has 1 heterocycles. The summed E-state index contributed by atoms with van der Waals surface area (Å²) in [6, 6.07) is 12.8. The molecule has 0 spiro atoms. The number of para-hydroxylation sites is 1. The first-order chi connectivity index (χ1) is 13.0. The smallest absolute Gasteiger partial charge is 0.308 e. The van der Waals surface area contributed by atoms with Crippen LogP contribution in [0.25, 0.3) is 0 Å². The molecule has 6 nitrogen and oxygen atoms in total. The molecule has 2 aromatic rings. The second-order valence-corrected chi connectivity index (χ2v) is 6.81. The van der Waals surface area contributed by atoms with Gasteiger partial charge in [-0.25, -0.2) is 0 Å². The van der Waals surface area contributed by atoms with Crippen LogP contribution in [0, 0.1) is 5.92 Å². The van der Waals surface area contributed by atoms with Gasteiger partial charge in [0.05, 0.1) is 13.0 Å². The number of carboxylic acid groups (broad SMARTS) is 1. The Hall–Kier alpha value is -2.73. The molecule has 0 aromatic heterocycles. The molecule has 0 aliphatic carbocycles. The van der Waals surface area contributed by atoms with E-state index in [9.17, 15) is 9.59 Å². The average Bonchev–Trinajstić information content (AvgIpc) is 3.02. The molecule has 0 radical (unpaired) electrons. The van der Waals surface area contributed by atoms with Gasteiger partial charge in [-0.3, -0.25) is 9.59 Å². The molecule has 1 unspecified atom stereocenters. The summed E-state index contributed by atoms with van der Waals surface area (Å²) in [6.07, 6.45) is 0.0280. The molecule has 3 rings (SSSR count). The molecule has 142 valence electrons. The van der Waals surface area contributed by atoms with Crippen molar-refractivity contribution < 1.29 is 24.2 Å². The molecular weight excluding hydrogens is 370 g/mol. The van der Waals surface area contributed by atoms with Crippen LogP contribution < -0.4 is 9.47 Å². The highest BCUT2D eigenvalue weighted by Crippen LogP contribution is 2.34. The van der Waals surface area contributed by atoms with Crippen LogP contribution in [-0.4, -0.2) is 35.5 Å². The highest BCUT2D eigenvalue weighted by Gasteiger charge is 2.34. The average molecular weight is 390 g/mol. The fourth-order valence-corrected chi connectivity index (χ4v) is 3.17. The molecule has 1 N–H and O–H groups in total. The number of likely N-dealkylation sites (tertiary alicyclic amines) is 1. The van der Waals surface area contributed by atoms with E-state index >= 15 is 0 Å². The number of carbonyl (C=O) groups is 2. The minimum absolute atomic E-state index is 0.0280. The lowest BCUT2D eigenvalue weighted by atomic mass is 10.1. The van der Waals surface area contributed by atoms with Crippen LogP contribution in [-0.2, 0) is 22.7 Å². The van der Waals surface area contributed by atoms with E-state index in [2.05, 4.69) is 0 Å². The Kier molecular flexibility index (Phi) is 5.86. The topological polar surface area (TPSA) is 76.1 Å². The molecule has 7 heteroatoms. The van der Waals surface area contributed by atoms with Crippen molar-refractivity contribution in [3.05, 3.63) is 58.6 Å². The normalized spacial score (nSPS) is 16.4. The Labute approximate surface area is 162 Å². The molecule has 0 bridgehead atoms. The van der Waals surface area contributed by atoms with E-state index in [0.717, 1.165) is 11.1 Å². The van der Waals surface area contributed by atoms with Crippen molar-refractivity contribution in [2.45, 2.75) is 19.6 Å². The fraction of sp³-hybridized carbons (Fsp3) is 0.300. The fourth-order valence-electron chi connectivity index (χ4n) is 3.04. The maximum atomic E-state index is 12.1. The van der Waals surface area contributed by atoms with E-state index in [1.165, 1.54) is 0 Å². The number of hydrogen-bond donors (Lipinski definition) is 1. The highest BCUT2D eigenvalue weighted by molar-refractivity contribution is 6.30. The van der Waals surface area contributed by atoms with Gasteiger partial charge in [-0.15, -0.1) is 0 Å². The Morgan fingerprint density at radius 3 is 2.63 bits per heavy atom. The van der Waals surface area contributed by atoms with E-state index in [4.69, 9.17) is 26.2 Å². The zero-order valence-electron chi connectivity index (χ0n) is 14.9. The van der Waals surface area contributed by atoms with Crippen LogP contribution in [0.3, 0.4) is 0 Å². The lowest BCUT2D eigenvalue weighted by Crippen LogP contribution is -2.26. The first-order valence-corrected chi connectivity index (χ1v) is 8.89. The zero-order valence-corrected chi connectivity index (χ0v) is 15.6. The van der Waals surface area contributed by atoms with E-state index in [1.807, 2.05) is 24.3 Å². The number of benzene rings is 2. The molecule has 1 amide bonds. The predicted octanol–water partition coefficient (Wildman–Crippen LogP) is 3.36. The molecule has 27 heavy (non-hydrogen) atoms. The molecule has 1 aliphatic rings. The van der Waals surface area contributed by atoms with Crippen molar-refractivity contribution in [2.24, 2.45) is 5.92 Å². The number of methoxy groups -OCH3 is 1. The second kappa shape index (κ2) is 8.31. The molecule has 2 aromatic carbocycles. The molecule has 1 atom stereocenters. The van der Waals surface area contributed by atoms with Crippen molar-refractivity contribution in [1.82, 2.24) is 4.90 Å². The summed E-state index contributed by atoms with van der Waals surface area (Å²) in [7, 11) is 1.55. The number of halogens is 1. The number of nitrogens with zero attached hydrogens (tertiary/aromatic N) is 1. The third-order valence-corrected chi connectivity index (χ3v) is 4.75. The monoisotopic (exact) mass is 389 g/mol. The molecular formula is C20H20ClNO5. The third-order valence-electron chi connectivity index (χ3n) is 4.50. The van der Waals surface area contributed by atoms with Gasteiger partial charge >= 0.3 is 5.97 Å². The summed E-state index contributed by atoms with van der Waals surface area (Å²) in [4.78, 5) is 24.9. The van der Waals surface area contributed by atoms with Crippen LogP contribution in [0.5, 0.6) is 11.5 Å². The largest absolute Gasteiger partial charge is 0.493 e. The van der Waals surface area contributed by atoms with Gasteiger partial charge in [0.2, 0.25) is 5.91 Å². The van der Waals surface area contributed by atoms with Crippen molar-refractivity contribution in [3.8, 4) is 11.5 Å². The van der Waals surface area contributed by atoms with Gasteiger partial charge in [-0.05, 0) is 23.8 Å². The van der Waals surface area contributed by atoms with Crippen molar-refractivity contribution in [3.63, 3.8) is 0 Å². The predicted molar refractivity (Wildman–Crippen MR) is 99.9 cm³/mol. The van der Waals surface area contributed by atoms with E-state index < -0.39 is 11.9 Å². The van der Waals surface area contributed by atoms with Crippen LogP contribution >= 0.6 is 11.6 Å². The summed E-state index contributed by atoms with van der Waals surface area (Å²) in [5.41, 5.74) is 1.71. The maximum Gasteiger partial charge on any atom is 0.308 e. The first kappa shape index (κ1) is 19.0. The van der Waals surface area contributed by atoms with Crippen molar-refractivity contribution >= 4 is 23.5 Å². The summed E-state index contributed by atoms with van der Waals surface area (Å²) in [5.74, 6) is -0.685. The van der Waals surface area contributed by atoms with Gasteiger partial charge in [-0.2, -0.15) is 0 Å². The Morgan fingerprint density at radius 1 is 1.26 bits per heavy atom. The first-order valence-electron chi connectivity index (χ1n) is 8.51. The van der Waals surface area contributed by atoms with Crippen LogP contribution in [0.2, 0.25) is 5.02 Å². The minimum atomic E-state index is -0.948. The molecule has 1 aliphatic heterocycles. The number of hydrogen-bond acceptors (Lipinski definition) is 4. The van der Waals surface area contributed by atoms with Gasteiger partial charge < -0.3 is 19.5 Å². The quantitative estimate of drug-likeness (QED) is 0.785. The van der Waals surface area contributed by atoms with Crippen LogP contribution in [0.15, 0.2) is 42.5 Å². The number of aliphatic carboxylic acids is 1. The number of amides is 1. The zero-order chi connectivity index (χ0) is 19.4. The van der Waals surface area contributed by atoms with Gasteiger partial charge in [0.1, 0.15) is 6.61 Å². The lowest BCUT2D eigenvalue weighted by Gasteiger charge is -2.20. The summed E-state index contributed by atoms with van der Waals surface area (Å²) >= 11 is 5.90. The van der Waals surface area contributed by atoms with Gasteiger partial charge in [0.15, 0.2) is 11.5 Å². The van der Waals surface area contributed by atoms with Crippen molar-refractivity contribution in [2.75, 3.05) is 13.7 Å². The number of carbonyl (C=O) groups excluding carboxylic acids is 1. The SMILES string of the molecule is COc1cccc(CN2CC(C(=O)O)CC2=O)c1OCc1ccc(Cl)cc1. The van der Waals surface area contributed by atoms with E-state index in [0.29, 0.717) is 23.1 Å². The highest BCUT2D eigenvalue weighted by atomic mass is 35.5.